The predicted octanol–water partition coefficient (Wildman–Crippen LogP) is 1.90. The van der Waals surface area contributed by atoms with Crippen molar-refractivity contribution in [3.05, 3.63) is 0 Å². The summed E-state index contributed by atoms with van der Waals surface area (Å²) in [6, 6.07) is 0. The second kappa shape index (κ2) is 2.95. The van der Waals surface area contributed by atoms with E-state index in [0.717, 1.165) is 6.42 Å². The fourth-order valence-corrected chi connectivity index (χ4v) is 0.926. The Bertz CT molecular complexity index is 168. The summed E-state index contributed by atoms with van der Waals surface area (Å²) in [4.78, 5) is 8.67. The van der Waals surface area contributed by atoms with Gasteiger partial charge in [-0.25, -0.2) is 0 Å². The van der Waals surface area contributed by atoms with E-state index in [4.69, 9.17) is 0 Å². The molecule has 0 saturated carbocycles. The van der Waals surface area contributed by atoms with Gasteiger partial charge in [-0.2, -0.15) is 0 Å². The highest BCUT2D eigenvalue weighted by Crippen LogP contribution is 2.11. The van der Waals surface area contributed by atoms with Crippen LogP contribution in [0.5, 0.6) is 0 Å². The first-order valence-corrected chi connectivity index (χ1v) is 3.75. The number of nitrogens with zero attached hydrogens (tertiary/aromatic N) is 2. The van der Waals surface area contributed by atoms with Crippen LogP contribution < -0.4 is 0 Å². The maximum atomic E-state index is 4.40. The molecule has 1 aliphatic rings. The third-order valence-corrected chi connectivity index (χ3v) is 1.59. The Balaban J connectivity index is 2.61. The van der Waals surface area contributed by atoms with Gasteiger partial charge < -0.3 is 0 Å². The minimum Gasteiger partial charge on any atom is -0.270 e. The molecule has 0 radical (unpaired) electrons. The average Bonchev–Trinajstić information content (AvgIpc) is 1.88. The molecule has 0 fully saturated rings. The lowest BCUT2D eigenvalue weighted by Gasteiger charge is -2.15. The van der Waals surface area contributed by atoms with Gasteiger partial charge in [0.1, 0.15) is 6.17 Å². The van der Waals surface area contributed by atoms with Gasteiger partial charge in [-0.15, -0.1) is 0 Å². The highest BCUT2D eigenvalue weighted by molar-refractivity contribution is 5.95. The van der Waals surface area contributed by atoms with Crippen molar-refractivity contribution in [1.82, 2.24) is 0 Å². The maximum Gasteiger partial charge on any atom is 0.141 e. The summed E-state index contributed by atoms with van der Waals surface area (Å²) >= 11 is 0. The Labute approximate surface area is 62.1 Å². The van der Waals surface area contributed by atoms with E-state index in [0.29, 0.717) is 5.92 Å². The van der Waals surface area contributed by atoms with E-state index in [2.05, 4.69) is 30.8 Å². The Kier molecular flexibility index (Phi) is 2.20. The van der Waals surface area contributed by atoms with Crippen LogP contribution in [-0.4, -0.2) is 18.1 Å². The van der Waals surface area contributed by atoms with Crippen LogP contribution in [0.25, 0.3) is 0 Å². The largest absolute Gasteiger partial charge is 0.270 e. The van der Waals surface area contributed by atoms with Gasteiger partial charge in [0, 0.05) is 18.3 Å². The molecule has 0 spiro atoms. The summed E-state index contributed by atoms with van der Waals surface area (Å²) in [7, 11) is 0. The van der Waals surface area contributed by atoms with Crippen molar-refractivity contribution in [1.29, 1.82) is 0 Å². The van der Waals surface area contributed by atoms with Crippen molar-refractivity contribution >= 4 is 11.9 Å². The molecular weight excluding hydrogens is 124 g/mol. The smallest absolute Gasteiger partial charge is 0.141 e. The lowest BCUT2D eigenvalue weighted by Crippen LogP contribution is -2.16. The SMILES string of the molecule is CC1=NC(C(C)C)N=CC1. The molecule has 0 aliphatic carbocycles. The molecule has 2 nitrogen and oxygen atoms in total. The normalized spacial score (nSPS) is 25.2. The summed E-state index contributed by atoms with van der Waals surface area (Å²) < 4.78 is 0. The average molecular weight is 138 g/mol. The zero-order valence-corrected chi connectivity index (χ0v) is 6.83. The van der Waals surface area contributed by atoms with Crippen molar-refractivity contribution in [2.75, 3.05) is 0 Å². The van der Waals surface area contributed by atoms with Crippen LogP contribution >= 0.6 is 0 Å². The lowest BCUT2D eigenvalue weighted by atomic mass is 10.1. The van der Waals surface area contributed by atoms with Gasteiger partial charge in [0.05, 0.1) is 0 Å². The van der Waals surface area contributed by atoms with Gasteiger partial charge in [0.2, 0.25) is 0 Å². The second-order valence-corrected chi connectivity index (χ2v) is 3.06. The van der Waals surface area contributed by atoms with Crippen molar-refractivity contribution in [3.8, 4) is 0 Å². The molecule has 2 heteroatoms. The topological polar surface area (TPSA) is 24.7 Å². The van der Waals surface area contributed by atoms with Crippen molar-refractivity contribution < 1.29 is 0 Å². The molecule has 0 N–H and O–H groups in total. The van der Waals surface area contributed by atoms with Crippen LogP contribution in [0.4, 0.5) is 0 Å². The summed E-state index contributed by atoms with van der Waals surface area (Å²) in [6.45, 7) is 6.34. The Morgan fingerprint density at radius 3 is 2.70 bits per heavy atom. The Morgan fingerprint density at radius 2 is 2.30 bits per heavy atom. The monoisotopic (exact) mass is 138 g/mol. The first-order valence-electron chi connectivity index (χ1n) is 3.75. The number of aliphatic imine (C=N–C) groups is 2. The van der Waals surface area contributed by atoms with Gasteiger partial charge in [-0.1, -0.05) is 13.8 Å². The Hall–Kier alpha value is -0.660. The third-order valence-electron chi connectivity index (χ3n) is 1.59. The zero-order valence-electron chi connectivity index (χ0n) is 6.83. The van der Waals surface area contributed by atoms with Gasteiger partial charge >= 0.3 is 0 Å². The fourth-order valence-electron chi connectivity index (χ4n) is 0.926. The van der Waals surface area contributed by atoms with Crippen molar-refractivity contribution in [3.63, 3.8) is 0 Å². The van der Waals surface area contributed by atoms with Crippen LogP contribution in [0.3, 0.4) is 0 Å². The molecule has 0 aromatic rings. The van der Waals surface area contributed by atoms with E-state index >= 15 is 0 Å². The van der Waals surface area contributed by atoms with Crippen molar-refractivity contribution in [2.24, 2.45) is 15.9 Å². The molecule has 1 unspecified atom stereocenters. The molecule has 0 amide bonds. The summed E-state index contributed by atoms with van der Waals surface area (Å²) in [5.74, 6) is 0.534. The van der Waals surface area contributed by atoms with E-state index in [9.17, 15) is 0 Å². The molecule has 1 heterocycles. The first-order chi connectivity index (χ1) is 4.70. The maximum absolute atomic E-state index is 4.40. The first kappa shape index (κ1) is 7.45. The van der Waals surface area contributed by atoms with Crippen LogP contribution in [0, 0.1) is 5.92 Å². The van der Waals surface area contributed by atoms with Gasteiger partial charge in [0.25, 0.3) is 0 Å². The van der Waals surface area contributed by atoms with Crippen LogP contribution in [0.15, 0.2) is 9.98 Å². The minimum atomic E-state index is 0.189. The summed E-state index contributed by atoms with van der Waals surface area (Å²) in [5.41, 5.74) is 1.20. The molecule has 0 aromatic heterocycles. The molecule has 1 aliphatic heterocycles. The minimum absolute atomic E-state index is 0.189. The van der Waals surface area contributed by atoms with E-state index < -0.39 is 0 Å². The van der Waals surface area contributed by atoms with E-state index in [1.54, 1.807) is 0 Å². The van der Waals surface area contributed by atoms with Gasteiger partial charge in [0.15, 0.2) is 0 Å². The Morgan fingerprint density at radius 1 is 1.60 bits per heavy atom. The second-order valence-electron chi connectivity index (χ2n) is 3.06. The highest BCUT2D eigenvalue weighted by Gasteiger charge is 2.11. The van der Waals surface area contributed by atoms with E-state index in [1.807, 2.05) is 6.21 Å². The highest BCUT2D eigenvalue weighted by atomic mass is 15.0. The molecule has 0 saturated heterocycles. The molecule has 0 aromatic carbocycles. The molecule has 1 atom stereocenters. The van der Waals surface area contributed by atoms with Crippen LogP contribution in [0.1, 0.15) is 27.2 Å². The lowest BCUT2D eigenvalue weighted by molar-refractivity contribution is 0.511. The molecule has 0 bridgehead atoms. The molecular formula is C8H14N2. The van der Waals surface area contributed by atoms with E-state index in [-0.39, 0.29) is 6.17 Å². The van der Waals surface area contributed by atoms with Crippen LogP contribution in [-0.2, 0) is 0 Å². The number of hydrogen-bond acceptors (Lipinski definition) is 2. The fraction of sp³-hybridized carbons (Fsp3) is 0.750. The molecule has 10 heavy (non-hydrogen) atoms. The summed E-state index contributed by atoms with van der Waals surface area (Å²) in [6.07, 6.45) is 3.09. The molecule has 1 rings (SSSR count). The number of rotatable bonds is 1. The predicted molar refractivity (Wildman–Crippen MR) is 44.8 cm³/mol. The summed E-state index contributed by atoms with van der Waals surface area (Å²) in [5, 5.41) is 0. The van der Waals surface area contributed by atoms with Gasteiger partial charge in [-0.05, 0) is 12.8 Å². The standard InChI is InChI=1S/C8H14N2/c1-6(2)8-9-5-4-7(3)10-8/h5-6,8H,4H2,1-3H3. The van der Waals surface area contributed by atoms with E-state index in [1.165, 1.54) is 5.71 Å². The quantitative estimate of drug-likeness (QED) is 0.528. The van der Waals surface area contributed by atoms with Crippen molar-refractivity contribution in [2.45, 2.75) is 33.4 Å². The van der Waals surface area contributed by atoms with Gasteiger partial charge in [-0.3, -0.25) is 9.98 Å². The number of hydrogen-bond donors (Lipinski definition) is 0. The third kappa shape index (κ3) is 1.66. The zero-order chi connectivity index (χ0) is 7.56. The molecule has 56 valence electrons. The van der Waals surface area contributed by atoms with Crippen LogP contribution in [0.2, 0.25) is 0 Å².